The van der Waals surface area contributed by atoms with Crippen molar-refractivity contribution >= 4 is 30.7 Å². The van der Waals surface area contributed by atoms with Crippen LogP contribution in [-0.4, -0.2) is 30.4 Å². The third kappa shape index (κ3) is 11.6. The lowest BCUT2D eigenvalue weighted by Gasteiger charge is -2.19. The first-order valence-corrected chi connectivity index (χ1v) is 10.0. The van der Waals surface area contributed by atoms with Crippen LogP contribution in [-0.2, 0) is 17.9 Å². The molecular formula is C21H37Cl2N3O. The number of nitrogens with zero attached hydrogens (tertiary/aromatic N) is 1. The number of nitrogens with two attached hydrogens (primary N) is 1. The minimum absolute atomic E-state index is 0. The summed E-state index contributed by atoms with van der Waals surface area (Å²) in [5.41, 5.74) is 8.02. The van der Waals surface area contributed by atoms with E-state index in [1.54, 1.807) is 0 Å². The van der Waals surface area contributed by atoms with E-state index in [0.717, 1.165) is 38.8 Å². The third-order valence-electron chi connectivity index (χ3n) is 4.98. The molecule has 0 aliphatic carbocycles. The van der Waals surface area contributed by atoms with Gasteiger partial charge in [-0.15, -0.1) is 24.8 Å². The first kappa shape index (κ1) is 26.2. The standard InChI is InChI=1S/C21H35N3O.2ClH/c22-14-6-2-1-5-9-21(25)23-17-19-10-12-20(13-11-19)18-24-15-7-3-4-8-16-24;;/h10-13H,1-9,14-18,22H2,(H,23,25);2*1H. The van der Waals surface area contributed by atoms with E-state index in [4.69, 9.17) is 5.73 Å². The smallest absolute Gasteiger partial charge is 0.220 e. The van der Waals surface area contributed by atoms with Crippen molar-refractivity contribution in [3.05, 3.63) is 35.4 Å². The predicted octanol–water partition coefficient (Wildman–Crippen LogP) is 4.43. The van der Waals surface area contributed by atoms with Crippen LogP contribution in [0.4, 0.5) is 0 Å². The molecule has 1 amide bonds. The van der Waals surface area contributed by atoms with Crippen LogP contribution in [0.2, 0.25) is 0 Å². The zero-order valence-corrected chi connectivity index (χ0v) is 18.1. The monoisotopic (exact) mass is 417 g/mol. The highest BCUT2D eigenvalue weighted by atomic mass is 35.5. The molecule has 1 aliphatic heterocycles. The second kappa shape index (κ2) is 16.2. The van der Waals surface area contributed by atoms with E-state index in [0.29, 0.717) is 13.0 Å². The van der Waals surface area contributed by atoms with Crippen LogP contribution in [0, 0.1) is 0 Å². The number of carbonyl (C=O) groups is 1. The molecule has 0 atom stereocenters. The van der Waals surface area contributed by atoms with Crippen molar-refractivity contribution < 1.29 is 4.79 Å². The molecule has 0 radical (unpaired) electrons. The molecule has 1 aromatic carbocycles. The van der Waals surface area contributed by atoms with Crippen molar-refractivity contribution in [1.29, 1.82) is 0 Å². The zero-order chi connectivity index (χ0) is 17.7. The van der Waals surface area contributed by atoms with Gasteiger partial charge in [0.05, 0.1) is 0 Å². The highest BCUT2D eigenvalue weighted by molar-refractivity contribution is 5.85. The molecule has 4 nitrogen and oxygen atoms in total. The van der Waals surface area contributed by atoms with Gasteiger partial charge in [0.25, 0.3) is 0 Å². The minimum Gasteiger partial charge on any atom is -0.352 e. The van der Waals surface area contributed by atoms with Gasteiger partial charge < -0.3 is 11.1 Å². The molecule has 1 heterocycles. The number of nitrogens with one attached hydrogen (secondary N) is 1. The molecule has 1 aliphatic rings. The molecule has 1 fully saturated rings. The fourth-order valence-corrected chi connectivity index (χ4v) is 3.39. The van der Waals surface area contributed by atoms with Crippen LogP contribution in [0.5, 0.6) is 0 Å². The number of benzene rings is 1. The van der Waals surface area contributed by atoms with Gasteiger partial charge >= 0.3 is 0 Å². The number of rotatable bonds is 10. The number of amides is 1. The summed E-state index contributed by atoms with van der Waals surface area (Å²) < 4.78 is 0. The molecule has 1 aromatic rings. The Morgan fingerprint density at radius 3 is 2.11 bits per heavy atom. The van der Waals surface area contributed by atoms with Crippen LogP contribution in [0.3, 0.4) is 0 Å². The van der Waals surface area contributed by atoms with E-state index >= 15 is 0 Å². The Morgan fingerprint density at radius 1 is 0.889 bits per heavy atom. The van der Waals surface area contributed by atoms with Gasteiger partial charge in [0, 0.05) is 19.5 Å². The molecule has 27 heavy (non-hydrogen) atoms. The normalized spacial score (nSPS) is 14.6. The molecule has 2 rings (SSSR count). The maximum absolute atomic E-state index is 11.9. The largest absolute Gasteiger partial charge is 0.352 e. The van der Waals surface area contributed by atoms with E-state index in [9.17, 15) is 4.79 Å². The Morgan fingerprint density at radius 2 is 1.48 bits per heavy atom. The van der Waals surface area contributed by atoms with Crippen molar-refractivity contribution in [2.75, 3.05) is 19.6 Å². The third-order valence-corrected chi connectivity index (χ3v) is 4.98. The number of unbranched alkanes of at least 4 members (excludes halogenated alkanes) is 3. The van der Waals surface area contributed by atoms with Gasteiger partial charge in [0.15, 0.2) is 0 Å². The maximum Gasteiger partial charge on any atom is 0.220 e. The van der Waals surface area contributed by atoms with Crippen LogP contribution in [0.25, 0.3) is 0 Å². The molecular weight excluding hydrogens is 381 g/mol. The average Bonchev–Trinajstić information content (AvgIpc) is 2.90. The molecule has 156 valence electrons. The predicted molar refractivity (Wildman–Crippen MR) is 119 cm³/mol. The van der Waals surface area contributed by atoms with Crippen molar-refractivity contribution in [3.8, 4) is 0 Å². The molecule has 3 N–H and O–H groups in total. The second-order valence-electron chi connectivity index (χ2n) is 7.24. The summed E-state index contributed by atoms with van der Waals surface area (Å²) in [6.07, 6.45) is 10.3. The van der Waals surface area contributed by atoms with E-state index < -0.39 is 0 Å². The van der Waals surface area contributed by atoms with Crippen LogP contribution in [0.15, 0.2) is 24.3 Å². The first-order chi connectivity index (χ1) is 12.3. The Bertz CT molecular complexity index is 489. The van der Waals surface area contributed by atoms with Crippen molar-refractivity contribution in [3.63, 3.8) is 0 Å². The second-order valence-corrected chi connectivity index (χ2v) is 7.24. The molecule has 0 spiro atoms. The molecule has 1 saturated heterocycles. The Labute approximate surface area is 177 Å². The molecule has 0 aromatic heterocycles. The Kier molecular flexibility index (Phi) is 15.7. The SMILES string of the molecule is Cl.Cl.NCCCCCCC(=O)NCc1ccc(CN2CCCCCC2)cc1. The molecule has 6 heteroatoms. The van der Waals surface area contributed by atoms with Crippen LogP contribution in [0.1, 0.15) is 68.9 Å². The fourth-order valence-electron chi connectivity index (χ4n) is 3.39. The number of carbonyl (C=O) groups excluding carboxylic acids is 1. The molecule has 0 bridgehead atoms. The summed E-state index contributed by atoms with van der Waals surface area (Å²) in [5.74, 6) is 0.154. The first-order valence-electron chi connectivity index (χ1n) is 10.0. The maximum atomic E-state index is 11.9. The number of hydrogen-bond acceptors (Lipinski definition) is 3. The Balaban J connectivity index is 0.00000338. The summed E-state index contributed by atoms with van der Waals surface area (Å²) in [4.78, 5) is 14.4. The van der Waals surface area contributed by atoms with E-state index in [1.165, 1.54) is 49.9 Å². The highest BCUT2D eigenvalue weighted by Gasteiger charge is 2.09. The van der Waals surface area contributed by atoms with Crippen LogP contribution >= 0.6 is 24.8 Å². The van der Waals surface area contributed by atoms with Gasteiger partial charge in [-0.25, -0.2) is 0 Å². The summed E-state index contributed by atoms with van der Waals surface area (Å²) in [6.45, 7) is 4.88. The minimum atomic E-state index is 0. The zero-order valence-electron chi connectivity index (χ0n) is 16.5. The van der Waals surface area contributed by atoms with Gasteiger partial charge in [-0.1, -0.05) is 49.9 Å². The molecule has 0 unspecified atom stereocenters. The van der Waals surface area contributed by atoms with E-state index in [1.807, 2.05) is 0 Å². The van der Waals surface area contributed by atoms with E-state index in [-0.39, 0.29) is 30.7 Å². The lowest BCUT2D eigenvalue weighted by molar-refractivity contribution is -0.121. The quantitative estimate of drug-likeness (QED) is 0.553. The fraction of sp³-hybridized carbons (Fsp3) is 0.667. The summed E-state index contributed by atoms with van der Waals surface area (Å²) in [7, 11) is 0. The van der Waals surface area contributed by atoms with Crippen molar-refractivity contribution in [1.82, 2.24) is 10.2 Å². The van der Waals surface area contributed by atoms with Gasteiger partial charge in [0.2, 0.25) is 5.91 Å². The van der Waals surface area contributed by atoms with Gasteiger partial charge in [-0.3, -0.25) is 9.69 Å². The average molecular weight is 418 g/mol. The van der Waals surface area contributed by atoms with Crippen molar-refractivity contribution in [2.45, 2.75) is 70.9 Å². The lowest BCUT2D eigenvalue weighted by atomic mass is 10.1. The van der Waals surface area contributed by atoms with Gasteiger partial charge in [-0.05, 0) is 56.4 Å². The van der Waals surface area contributed by atoms with Gasteiger partial charge in [-0.2, -0.15) is 0 Å². The van der Waals surface area contributed by atoms with Gasteiger partial charge in [0.1, 0.15) is 0 Å². The topological polar surface area (TPSA) is 58.4 Å². The number of halogens is 2. The number of likely N-dealkylation sites (tertiary alicyclic amines) is 1. The summed E-state index contributed by atoms with van der Waals surface area (Å²) in [5, 5.41) is 3.02. The Hall–Kier alpha value is -0.810. The highest BCUT2D eigenvalue weighted by Crippen LogP contribution is 2.14. The van der Waals surface area contributed by atoms with Crippen LogP contribution < -0.4 is 11.1 Å². The van der Waals surface area contributed by atoms with Crippen molar-refractivity contribution in [2.24, 2.45) is 5.73 Å². The lowest BCUT2D eigenvalue weighted by Crippen LogP contribution is -2.24. The van der Waals surface area contributed by atoms with E-state index in [2.05, 4.69) is 34.5 Å². The summed E-state index contributed by atoms with van der Waals surface area (Å²) in [6, 6.07) is 8.71. The molecule has 0 saturated carbocycles. The number of hydrogen-bond donors (Lipinski definition) is 2. The summed E-state index contributed by atoms with van der Waals surface area (Å²) >= 11 is 0.